The number of phenols is 1. The predicted molar refractivity (Wildman–Crippen MR) is 53.6 cm³/mol. The van der Waals surface area contributed by atoms with Crippen LogP contribution in [0.2, 0.25) is 0 Å². The zero-order chi connectivity index (χ0) is 12.3. The Hall–Kier alpha value is -2.24. The van der Waals surface area contributed by atoms with Gasteiger partial charge >= 0.3 is 5.97 Å². The van der Waals surface area contributed by atoms with E-state index < -0.39 is 11.7 Å². The van der Waals surface area contributed by atoms with Gasteiger partial charge in [0, 0.05) is 0 Å². The van der Waals surface area contributed by atoms with Crippen LogP contribution in [0, 0.1) is 0 Å². The average Bonchev–Trinajstić information content (AvgIpc) is 2.27. The lowest BCUT2D eigenvalue weighted by Crippen LogP contribution is -2.05. The zero-order valence-electron chi connectivity index (χ0n) is 8.68. The molecule has 1 rings (SSSR count). The van der Waals surface area contributed by atoms with Gasteiger partial charge in [-0.3, -0.25) is 4.79 Å². The minimum atomic E-state index is -1.31. The molecule has 1 aromatic rings. The van der Waals surface area contributed by atoms with Crippen molar-refractivity contribution in [1.29, 1.82) is 0 Å². The molecule has 0 saturated heterocycles. The summed E-state index contributed by atoms with van der Waals surface area (Å²) >= 11 is 0. The summed E-state index contributed by atoms with van der Waals surface area (Å²) in [4.78, 5) is 21.6. The fourth-order valence-corrected chi connectivity index (χ4v) is 1.30. The number of phenolic OH excluding ortho intramolecular Hbond substituents is 1. The third-order valence-corrected chi connectivity index (χ3v) is 2.03. The molecule has 16 heavy (non-hydrogen) atoms. The second-order valence-electron chi connectivity index (χ2n) is 2.84. The lowest BCUT2D eigenvalue weighted by molar-refractivity contribution is 0.0693. The first-order chi connectivity index (χ1) is 7.56. The number of carboxylic acid groups (broad SMARTS) is 1. The Bertz CT molecular complexity index is 437. The van der Waals surface area contributed by atoms with Crippen molar-refractivity contribution < 1.29 is 29.3 Å². The summed E-state index contributed by atoms with van der Waals surface area (Å²) in [5, 5.41) is 18.5. The Morgan fingerprint density at radius 3 is 2.38 bits per heavy atom. The van der Waals surface area contributed by atoms with Crippen LogP contribution in [-0.2, 0) is 0 Å². The van der Waals surface area contributed by atoms with E-state index in [1.54, 1.807) is 0 Å². The smallest absolute Gasteiger partial charge is 0.336 e. The quantitative estimate of drug-likeness (QED) is 0.741. The van der Waals surface area contributed by atoms with Crippen LogP contribution in [0.3, 0.4) is 0 Å². The maximum absolute atomic E-state index is 10.9. The fourth-order valence-electron chi connectivity index (χ4n) is 1.30. The summed E-state index contributed by atoms with van der Waals surface area (Å²) in [6.07, 6.45) is 0.307. The van der Waals surface area contributed by atoms with Crippen LogP contribution in [0.1, 0.15) is 20.7 Å². The molecule has 0 aliphatic rings. The van der Waals surface area contributed by atoms with Crippen LogP contribution in [0.15, 0.2) is 6.07 Å². The Balaban J connectivity index is 3.62. The molecule has 0 amide bonds. The number of carbonyl (C=O) groups excluding carboxylic acids is 1. The monoisotopic (exact) mass is 226 g/mol. The van der Waals surface area contributed by atoms with Crippen LogP contribution in [0.4, 0.5) is 0 Å². The van der Waals surface area contributed by atoms with Crippen molar-refractivity contribution >= 4 is 12.3 Å². The molecule has 0 radical (unpaired) electrons. The van der Waals surface area contributed by atoms with Gasteiger partial charge in [-0.05, 0) is 6.07 Å². The van der Waals surface area contributed by atoms with E-state index in [4.69, 9.17) is 14.6 Å². The number of hydrogen-bond acceptors (Lipinski definition) is 5. The molecule has 86 valence electrons. The van der Waals surface area contributed by atoms with Crippen LogP contribution in [0.5, 0.6) is 17.2 Å². The molecule has 6 nitrogen and oxygen atoms in total. The number of benzene rings is 1. The molecular formula is C10H10O6. The summed E-state index contributed by atoms with van der Waals surface area (Å²) in [6, 6.07) is 1.06. The van der Waals surface area contributed by atoms with E-state index in [1.165, 1.54) is 14.2 Å². The standard InChI is InChI=1S/C10H10O6/c1-15-7-3-5(10(13)14)6(4-11)9(16-2)8(7)12/h3-4,12H,1-2H3,(H,13,14). The van der Waals surface area contributed by atoms with E-state index in [2.05, 4.69) is 0 Å². The topological polar surface area (TPSA) is 93.1 Å². The first kappa shape index (κ1) is 11.8. The van der Waals surface area contributed by atoms with Crippen molar-refractivity contribution in [3.63, 3.8) is 0 Å². The number of aldehydes is 1. The SMILES string of the molecule is COc1cc(C(=O)O)c(C=O)c(OC)c1O. The number of hydrogen-bond donors (Lipinski definition) is 2. The molecule has 0 aliphatic heterocycles. The third-order valence-electron chi connectivity index (χ3n) is 2.03. The van der Waals surface area contributed by atoms with Crippen molar-refractivity contribution in [3.05, 3.63) is 17.2 Å². The highest BCUT2D eigenvalue weighted by Gasteiger charge is 2.22. The van der Waals surface area contributed by atoms with E-state index in [0.717, 1.165) is 6.07 Å². The lowest BCUT2D eigenvalue weighted by atomic mass is 10.1. The van der Waals surface area contributed by atoms with Crippen molar-refractivity contribution in [3.8, 4) is 17.2 Å². The van der Waals surface area contributed by atoms with Gasteiger partial charge in [0.15, 0.2) is 17.8 Å². The van der Waals surface area contributed by atoms with E-state index in [1.807, 2.05) is 0 Å². The second kappa shape index (κ2) is 4.52. The number of methoxy groups -OCH3 is 2. The molecule has 1 aromatic carbocycles. The van der Waals surface area contributed by atoms with Crippen LogP contribution < -0.4 is 9.47 Å². The van der Waals surface area contributed by atoms with E-state index in [-0.39, 0.29) is 22.6 Å². The Morgan fingerprint density at radius 1 is 1.38 bits per heavy atom. The van der Waals surface area contributed by atoms with Crippen LogP contribution in [0.25, 0.3) is 0 Å². The number of ether oxygens (including phenoxy) is 2. The molecule has 0 atom stereocenters. The summed E-state index contributed by atoms with van der Waals surface area (Å²) < 4.78 is 9.54. The molecule has 2 N–H and O–H groups in total. The molecular weight excluding hydrogens is 216 g/mol. The van der Waals surface area contributed by atoms with Gasteiger partial charge in [0.05, 0.1) is 25.3 Å². The molecule has 0 saturated carbocycles. The van der Waals surface area contributed by atoms with E-state index in [0.29, 0.717) is 6.29 Å². The van der Waals surface area contributed by atoms with E-state index >= 15 is 0 Å². The zero-order valence-corrected chi connectivity index (χ0v) is 8.68. The summed E-state index contributed by atoms with van der Waals surface area (Å²) in [5.41, 5.74) is -0.519. The van der Waals surface area contributed by atoms with Gasteiger partial charge in [-0.15, -0.1) is 0 Å². The number of aromatic hydroxyl groups is 1. The lowest BCUT2D eigenvalue weighted by Gasteiger charge is -2.12. The first-order valence-electron chi connectivity index (χ1n) is 4.23. The second-order valence-corrected chi connectivity index (χ2v) is 2.84. The van der Waals surface area contributed by atoms with Gasteiger partial charge in [0.25, 0.3) is 0 Å². The van der Waals surface area contributed by atoms with Gasteiger partial charge in [-0.1, -0.05) is 0 Å². The highest BCUT2D eigenvalue weighted by atomic mass is 16.5. The maximum Gasteiger partial charge on any atom is 0.336 e. The average molecular weight is 226 g/mol. The summed E-state index contributed by atoms with van der Waals surface area (Å²) in [7, 11) is 2.48. The Morgan fingerprint density at radius 2 is 2.00 bits per heavy atom. The van der Waals surface area contributed by atoms with Crippen LogP contribution >= 0.6 is 0 Å². The largest absolute Gasteiger partial charge is 0.502 e. The molecule has 0 aromatic heterocycles. The molecule has 0 aliphatic carbocycles. The Labute approximate surface area is 91.0 Å². The third kappa shape index (κ3) is 1.77. The van der Waals surface area contributed by atoms with Crippen molar-refractivity contribution in [2.75, 3.05) is 14.2 Å². The van der Waals surface area contributed by atoms with Gasteiger partial charge in [0.2, 0.25) is 5.75 Å². The number of carbonyl (C=O) groups is 2. The highest BCUT2D eigenvalue weighted by Crippen LogP contribution is 2.40. The number of aromatic carboxylic acids is 1. The number of carboxylic acids is 1. The predicted octanol–water partition coefficient (Wildman–Crippen LogP) is 0.920. The van der Waals surface area contributed by atoms with Gasteiger partial charge in [-0.2, -0.15) is 0 Å². The number of rotatable bonds is 4. The minimum absolute atomic E-state index is 0.0696. The molecule has 0 bridgehead atoms. The summed E-state index contributed by atoms with van der Waals surface area (Å²) in [6.45, 7) is 0. The van der Waals surface area contributed by atoms with E-state index in [9.17, 15) is 14.7 Å². The van der Waals surface area contributed by atoms with Crippen molar-refractivity contribution in [2.45, 2.75) is 0 Å². The van der Waals surface area contributed by atoms with Crippen molar-refractivity contribution in [1.82, 2.24) is 0 Å². The molecule has 0 heterocycles. The highest BCUT2D eigenvalue weighted by molar-refractivity contribution is 6.00. The minimum Gasteiger partial charge on any atom is -0.502 e. The van der Waals surface area contributed by atoms with Crippen LogP contribution in [-0.4, -0.2) is 36.7 Å². The molecule has 0 unspecified atom stereocenters. The fraction of sp³-hybridized carbons (Fsp3) is 0.200. The Kier molecular flexibility index (Phi) is 3.34. The normalized spacial score (nSPS) is 9.62. The first-order valence-corrected chi connectivity index (χ1v) is 4.23. The van der Waals surface area contributed by atoms with Gasteiger partial charge < -0.3 is 19.7 Å². The van der Waals surface area contributed by atoms with Crippen molar-refractivity contribution in [2.24, 2.45) is 0 Å². The molecule has 6 heteroatoms. The summed E-state index contributed by atoms with van der Waals surface area (Å²) in [5.74, 6) is -2.00. The molecule has 0 fully saturated rings. The van der Waals surface area contributed by atoms with Gasteiger partial charge in [-0.25, -0.2) is 4.79 Å². The molecule has 0 spiro atoms. The van der Waals surface area contributed by atoms with Gasteiger partial charge in [0.1, 0.15) is 0 Å². The maximum atomic E-state index is 10.9.